The molecule has 2 amide bonds. The van der Waals surface area contributed by atoms with E-state index in [1.165, 1.54) is 0 Å². The number of benzene rings is 1. The van der Waals surface area contributed by atoms with Crippen LogP contribution < -0.4 is 14.8 Å². The number of ether oxygens (including phenoxy) is 2. The minimum Gasteiger partial charge on any atom is -0.493 e. The highest BCUT2D eigenvalue weighted by Crippen LogP contribution is 2.28. The van der Waals surface area contributed by atoms with Crippen LogP contribution in [0.25, 0.3) is 6.08 Å². The second kappa shape index (κ2) is 11.2. The molecule has 6 nitrogen and oxygen atoms in total. The molecule has 1 aliphatic heterocycles. The van der Waals surface area contributed by atoms with E-state index in [2.05, 4.69) is 11.9 Å². The van der Waals surface area contributed by atoms with Crippen LogP contribution in [0.3, 0.4) is 0 Å². The van der Waals surface area contributed by atoms with E-state index in [4.69, 9.17) is 9.47 Å². The maximum Gasteiger partial charge on any atom is 0.246 e. The molecule has 1 N–H and O–H groups in total. The molecule has 2 rings (SSSR count). The van der Waals surface area contributed by atoms with Gasteiger partial charge in [-0.05, 0) is 43.0 Å². The summed E-state index contributed by atoms with van der Waals surface area (Å²) in [5.74, 6) is 1.31. The Morgan fingerprint density at radius 2 is 2.04 bits per heavy atom. The van der Waals surface area contributed by atoms with Crippen LogP contribution in [0.15, 0.2) is 36.9 Å². The second-order valence-corrected chi connectivity index (χ2v) is 6.73. The third kappa shape index (κ3) is 6.15. The van der Waals surface area contributed by atoms with Gasteiger partial charge in [-0.25, -0.2) is 0 Å². The summed E-state index contributed by atoms with van der Waals surface area (Å²) >= 11 is 0. The van der Waals surface area contributed by atoms with Crippen molar-refractivity contribution in [2.75, 3.05) is 33.4 Å². The Kier molecular flexibility index (Phi) is 8.59. The maximum absolute atomic E-state index is 12.5. The fraction of sp³-hybridized carbons (Fsp3) is 0.455. The lowest BCUT2D eigenvalue weighted by atomic mass is 9.96. The zero-order valence-corrected chi connectivity index (χ0v) is 16.8. The Hall–Kier alpha value is -2.76. The van der Waals surface area contributed by atoms with E-state index in [-0.39, 0.29) is 17.7 Å². The highest BCUT2D eigenvalue weighted by Gasteiger charge is 2.26. The van der Waals surface area contributed by atoms with Gasteiger partial charge < -0.3 is 19.7 Å². The highest BCUT2D eigenvalue weighted by molar-refractivity contribution is 5.92. The number of likely N-dealkylation sites (tertiary alicyclic amines) is 1. The number of methoxy groups -OCH3 is 1. The molecular formula is C22H30N2O4. The fourth-order valence-corrected chi connectivity index (χ4v) is 3.08. The summed E-state index contributed by atoms with van der Waals surface area (Å²) in [6.45, 7) is 7.97. The molecule has 0 aliphatic carbocycles. The molecule has 0 saturated carbocycles. The highest BCUT2D eigenvalue weighted by atomic mass is 16.5. The molecular weight excluding hydrogens is 356 g/mol. The largest absolute Gasteiger partial charge is 0.493 e. The molecule has 1 aliphatic rings. The zero-order chi connectivity index (χ0) is 20.4. The molecule has 1 saturated heterocycles. The Bertz CT molecular complexity index is 706. The number of amides is 2. The molecule has 1 fully saturated rings. The predicted molar refractivity (Wildman–Crippen MR) is 110 cm³/mol. The number of nitrogens with zero attached hydrogens (tertiary/aromatic N) is 1. The Balaban J connectivity index is 1.90. The van der Waals surface area contributed by atoms with Gasteiger partial charge in [-0.1, -0.05) is 25.6 Å². The molecule has 1 aromatic carbocycles. The molecule has 0 radical (unpaired) electrons. The first-order chi connectivity index (χ1) is 13.6. The van der Waals surface area contributed by atoms with Crippen molar-refractivity contribution in [3.05, 3.63) is 42.5 Å². The van der Waals surface area contributed by atoms with Gasteiger partial charge in [0.25, 0.3) is 0 Å². The topological polar surface area (TPSA) is 67.9 Å². The van der Waals surface area contributed by atoms with Crippen LogP contribution in [-0.2, 0) is 9.59 Å². The lowest BCUT2D eigenvalue weighted by molar-refractivity contribution is -0.132. The van der Waals surface area contributed by atoms with Gasteiger partial charge in [0.1, 0.15) is 6.61 Å². The molecule has 0 aromatic heterocycles. The monoisotopic (exact) mass is 386 g/mol. The molecule has 0 atom stereocenters. The number of piperidine rings is 1. The van der Waals surface area contributed by atoms with Crippen molar-refractivity contribution >= 4 is 17.9 Å². The molecule has 28 heavy (non-hydrogen) atoms. The number of rotatable bonds is 9. The van der Waals surface area contributed by atoms with Crippen LogP contribution in [-0.4, -0.2) is 50.1 Å². The quantitative estimate of drug-likeness (QED) is 0.523. The van der Waals surface area contributed by atoms with Gasteiger partial charge in [0.05, 0.1) is 7.11 Å². The molecule has 0 unspecified atom stereocenters. The van der Waals surface area contributed by atoms with Gasteiger partial charge in [-0.3, -0.25) is 9.59 Å². The summed E-state index contributed by atoms with van der Waals surface area (Å²) in [6, 6.07) is 5.51. The van der Waals surface area contributed by atoms with E-state index in [9.17, 15) is 9.59 Å². The van der Waals surface area contributed by atoms with Gasteiger partial charge >= 0.3 is 0 Å². The van der Waals surface area contributed by atoms with Crippen LogP contribution in [0.4, 0.5) is 0 Å². The summed E-state index contributed by atoms with van der Waals surface area (Å²) in [6.07, 6.45) is 7.35. The van der Waals surface area contributed by atoms with Crippen molar-refractivity contribution in [2.45, 2.75) is 26.2 Å². The Morgan fingerprint density at radius 3 is 2.68 bits per heavy atom. The summed E-state index contributed by atoms with van der Waals surface area (Å²) < 4.78 is 10.9. The zero-order valence-electron chi connectivity index (χ0n) is 16.8. The van der Waals surface area contributed by atoms with Crippen molar-refractivity contribution < 1.29 is 19.1 Å². The summed E-state index contributed by atoms with van der Waals surface area (Å²) in [7, 11) is 1.58. The first-order valence-corrected chi connectivity index (χ1v) is 9.75. The van der Waals surface area contributed by atoms with Gasteiger partial charge in [0.15, 0.2) is 11.5 Å². The van der Waals surface area contributed by atoms with Gasteiger partial charge in [-0.2, -0.15) is 0 Å². The maximum atomic E-state index is 12.5. The normalized spacial score (nSPS) is 14.7. The number of hydrogen-bond acceptors (Lipinski definition) is 4. The van der Waals surface area contributed by atoms with E-state index in [0.29, 0.717) is 50.6 Å². The molecule has 152 valence electrons. The molecule has 0 spiro atoms. The second-order valence-electron chi connectivity index (χ2n) is 6.73. The third-order valence-electron chi connectivity index (χ3n) is 4.69. The summed E-state index contributed by atoms with van der Waals surface area (Å²) in [5.41, 5.74) is 0.852. The fourth-order valence-electron chi connectivity index (χ4n) is 3.08. The first-order valence-electron chi connectivity index (χ1n) is 9.75. The number of carbonyl (C=O) groups excluding carboxylic acids is 2. The van der Waals surface area contributed by atoms with Crippen molar-refractivity contribution in [3.8, 4) is 11.5 Å². The molecule has 1 heterocycles. The van der Waals surface area contributed by atoms with Crippen LogP contribution in [0.1, 0.15) is 31.7 Å². The van der Waals surface area contributed by atoms with Gasteiger partial charge in [0.2, 0.25) is 11.8 Å². The van der Waals surface area contributed by atoms with E-state index >= 15 is 0 Å². The van der Waals surface area contributed by atoms with Crippen molar-refractivity contribution in [1.82, 2.24) is 10.2 Å². The standard InChI is InChI=1S/C22H30N2O4/c1-4-12-23-22(26)18-10-13-24(14-11-18)21(25)9-7-17-6-8-19(28-15-5-2)20(16-17)27-3/h5-9,16,18H,2,4,10-15H2,1,3H3,(H,23,26)/b9-7+. The smallest absolute Gasteiger partial charge is 0.246 e. The van der Waals surface area contributed by atoms with E-state index in [1.54, 1.807) is 30.2 Å². The van der Waals surface area contributed by atoms with E-state index in [0.717, 1.165) is 12.0 Å². The van der Waals surface area contributed by atoms with E-state index < -0.39 is 0 Å². The van der Waals surface area contributed by atoms with Gasteiger partial charge in [-0.15, -0.1) is 0 Å². The SMILES string of the molecule is C=CCOc1ccc(/C=C/C(=O)N2CCC(C(=O)NCCC)CC2)cc1OC. The third-order valence-corrected chi connectivity index (χ3v) is 4.69. The summed E-state index contributed by atoms with van der Waals surface area (Å²) in [4.78, 5) is 26.3. The lowest BCUT2D eigenvalue weighted by Crippen LogP contribution is -2.42. The van der Waals surface area contributed by atoms with Crippen LogP contribution in [0, 0.1) is 5.92 Å². The van der Waals surface area contributed by atoms with Crippen molar-refractivity contribution in [1.29, 1.82) is 0 Å². The van der Waals surface area contributed by atoms with Crippen LogP contribution in [0.2, 0.25) is 0 Å². The van der Waals surface area contributed by atoms with Crippen molar-refractivity contribution in [3.63, 3.8) is 0 Å². The van der Waals surface area contributed by atoms with E-state index in [1.807, 2.05) is 25.1 Å². The Morgan fingerprint density at radius 1 is 1.29 bits per heavy atom. The van der Waals surface area contributed by atoms with Crippen molar-refractivity contribution in [2.24, 2.45) is 5.92 Å². The van der Waals surface area contributed by atoms with Crippen LogP contribution in [0.5, 0.6) is 11.5 Å². The minimum atomic E-state index is -0.0432. The molecule has 6 heteroatoms. The molecule has 1 aromatic rings. The minimum absolute atomic E-state index is 0.00644. The predicted octanol–water partition coefficient (Wildman–Crippen LogP) is 3.04. The average molecular weight is 386 g/mol. The number of carbonyl (C=O) groups is 2. The Labute approximate surface area is 167 Å². The lowest BCUT2D eigenvalue weighted by Gasteiger charge is -2.30. The van der Waals surface area contributed by atoms with Gasteiger partial charge in [0, 0.05) is 31.6 Å². The number of hydrogen-bond donors (Lipinski definition) is 1. The van der Waals surface area contributed by atoms with Crippen LogP contribution >= 0.6 is 0 Å². The average Bonchev–Trinajstić information content (AvgIpc) is 2.74. The molecule has 0 bridgehead atoms. The first kappa shape index (κ1) is 21.5. The summed E-state index contributed by atoms with van der Waals surface area (Å²) in [5, 5.41) is 2.94. The number of nitrogens with one attached hydrogen (secondary N) is 1.